The molecule has 31 heavy (non-hydrogen) atoms. The zero-order valence-corrected chi connectivity index (χ0v) is 17.1. The van der Waals surface area contributed by atoms with E-state index in [2.05, 4.69) is 10.4 Å². The van der Waals surface area contributed by atoms with E-state index in [1.54, 1.807) is 0 Å². The van der Waals surface area contributed by atoms with Gasteiger partial charge in [0, 0.05) is 10.4 Å². The molecular weight excluding hydrogens is 427 g/mol. The molecule has 0 aliphatic heterocycles. The number of carbonyl (C=O) groups is 1. The van der Waals surface area contributed by atoms with Gasteiger partial charge in [0.05, 0.1) is 17.4 Å². The monoisotopic (exact) mass is 443 g/mol. The number of thiophene rings is 1. The average molecular weight is 443 g/mol. The first-order chi connectivity index (χ1) is 14.7. The number of benzene rings is 2. The van der Waals surface area contributed by atoms with Gasteiger partial charge in [-0.1, -0.05) is 42.5 Å². The summed E-state index contributed by atoms with van der Waals surface area (Å²) in [4.78, 5) is 31.2. The van der Waals surface area contributed by atoms with Crippen LogP contribution in [-0.4, -0.2) is 15.6 Å². The Kier molecular flexibility index (Phi) is 5.36. The molecule has 1 N–H and O–H groups in total. The van der Waals surface area contributed by atoms with Gasteiger partial charge < -0.3 is 0 Å². The third kappa shape index (κ3) is 4.22. The Morgan fingerprint density at radius 2 is 1.77 bits per heavy atom. The molecule has 2 heterocycles. The number of hydrogen-bond acceptors (Lipinski definition) is 4. The molecule has 0 fully saturated rings. The van der Waals surface area contributed by atoms with E-state index < -0.39 is 23.2 Å². The van der Waals surface area contributed by atoms with Crippen molar-refractivity contribution in [3.8, 4) is 11.1 Å². The smallest absolute Gasteiger partial charge is 0.273 e. The van der Waals surface area contributed by atoms with Crippen LogP contribution < -0.4 is 11.0 Å². The lowest BCUT2D eigenvalue weighted by Crippen LogP contribution is -2.34. The second-order valence-electron chi connectivity index (χ2n) is 6.91. The van der Waals surface area contributed by atoms with Gasteiger partial charge in [0.1, 0.15) is 11.2 Å². The number of alkyl halides is 3. The Bertz CT molecular complexity index is 1310. The van der Waals surface area contributed by atoms with Gasteiger partial charge >= 0.3 is 6.18 Å². The highest BCUT2D eigenvalue weighted by Crippen LogP contribution is 2.35. The maximum Gasteiger partial charge on any atom is 0.416 e. The summed E-state index contributed by atoms with van der Waals surface area (Å²) in [7, 11) is 0. The quantitative estimate of drug-likeness (QED) is 0.495. The van der Waals surface area contributed by atoms with Gasteiger partial charge in [-0.2, -0.15) is 13.2 Å². The molecule has 0 spiro atoms. The Labute approximate surface area is 178 Å². The van der Waals surface area contributed by atoms with Crippen molar-refractivity contribution >= 4 is 27.5 Å². The van der Waals surface area contributed by atoms with E-state index in [1.165, 1.54) is 29.8 Å². The molecule has 0 saturated heterocycles. The number of aromatic nitrogens is 2. The number of amides is 1. The number of fused-ring (bicyclic) bond motifs is 1. The summed E-state index contributed by atoms with van der Waals surface area (Å²) >= 11 is 1.39. The lowest BCUT2D eigenvalue weighted by molar-refractivity contribution is -0.137. The Hall–Kier alpha value is -3.46. The fourth-order valence-corrected chi connectivity index (χ4v) is 4.31. The first-order valence-corrected chi connectivity index (χ1v) is 10.1. The number of nitrogens with one attached hydrogen (secondary N) is 1. The largest absolute Gasteiger partial charge is 0.416 e. The molecule has 158 valence electrons. The molecule has 0 aliphatic carbocycles. The van der Waals surface area contributed by atoms with Crippen LogP contribution in [0.1, 0.15) is 16.0 Å². The zero-order chi connectivity index (χ0) is 22.2. The van der Waals surface area contributed by atoms with E-state index in [1.807, 2.05) is 37.3 Å². The molecule has 0 saturated carbocycles. The zero-order valence-electron chi connectivity index (χ0n) is 16.2. The van der Waals surface area contributed by atoms with Gasteiger partial charge in [-0.15, -0.1) is 11.3 Å². The highest BCUT2D eigenvalue weighted by atomic mass is 32.1. The summed E-state index contributed by atoms with van der Waals surface area (Å²) in [5.74, 6) is -0.545. The highest BCUT2D eigenvalue weighted by molar-refractivity contribution is 7.19. The van der Waals surface area contributed by atoms with E-state index in [0.29, 0.717) is 15.8 Å². The van der Waals surface area contributed by atoms with Crippen molar-refractivity contribution in [3.05, 3.63) is 87.3 Å². The van der Waals surface area contributed by atoms with Crippen LogP contribution in [0.25, 0.3) is 21.3 Å². The molecule has 2 aromatic carbocycles. The molecule has 0 atom stereocenters. The van der Waals surface area contributed by atoms with Crippen molar-refractivity contribution in [2.24, 2.45) is 0 Å². The van der Waals surface area contributed by atoms with Crippen molar-refractivity contribution in [2.45, 2.75) is 19.5 Å². The molecular formula is C22H16F3N3O2S. The number of hydrogen-bond donors (Lipinski definition) is 1. The van der Waals surface area contributed by atoms with Gasteiger partial charge in [-0.3, -0.25) is 15.0 Å². The number of nitrogens with zero attached hydrogens (tertiary/aromatic N) is 2. The second-order valence-corrected chi connectivity index (χ2v) is 8.11. The summed E-state index contributed by atoms with van der Waals surface area (Å²) in [6.45, 7) is 1.90. The highest BCUT2D eigenvalue weighted by Gasteiger charge is 2.30. The first kappa shape index (κ1) is 20.8. The lowest BCUT2D eigenvalue weighted by Gasteiger charge is -2.10. The molecule has 5 nitrogen and oxygen atoms in total. The Morgan fingerprint density at radius 3 is 2.42 bits per heavy atom. The molecule has 4 aromatic rings. The summed E-state index contributed by atoms with van der Waals surface area (Å²) in [6.07, 6.45) is -3.39. The summed E-state index contributed by atoms with van der Waals surface area (Å²) in [5.41, 5.74) is 3.29. The van der Waals surface area contributed by atoms with Crippen molar-refractivity contribution in [1.82, 2.24) is 9.66 Å². The van der Waals surface area contributed by atoms with Crippen molar-refractivity contribution in [2.75, 3.05) is 5.43 Å². The predicted octanol–water partition coefficient (Wildman–Crippen LogP) is 4.77. The maximum absolute atomic E-state index is 13.1. The topological polar surface area (TPSA) is 64.0 Å². The summed E-state index contributed by atoms with van der Waals surface area (Å²) in [5, 5.41) is 0.408. The number of carbonyl (C=O) groups excluding carboxylic acids is 1. The van der Waals surface area contributed by atoms with Crippen molar-refractivity contribution < 1.29 is 18.0 Å². The molecule has 9 heteroatoms. The van der Waals surface area contributed by atoms with E-state index in [-0.39, 0.29) is 6.42 Å². The van der Waals surface area contributed by atoms with Gasteiger partial charge in [-0.05, 0) is 30.2 Å². The number of halogens is 3. The standard InChI is InChI=1S/C22H16F3N3O2S/c1-13-18(15-5-3-2-4-6-15)19-20(31-13)26-12-28(21(19)30)27-17(29)11-14-7-9-16(10-8-14)22(23,24)25/h2-10,12H,11H2,1H3,(H,27,29). The van der Waals surface area contributed by atoms with Crippen LogP contribution in [0.5, 0.6) is 0 Å². The van der Waals surface area contributed by atoms with Crippen LogP contribution in [0, 0.1) is 6.92 Å². The molecule has 0 radical (unpaired) electrons. The van der Waals surface area contributed by atoms with E-state index in [0.717, 1.165) is 32.8 Å². The normalized spacial score (nSPS) is 11.6. The van der Waals surface area contributed by atoms with Gasteiger partial charge in [0.2, 0.25) is 5.91 Å². The lowest BCUT2D eigenvalue weighted by atomic mass is 10.0. The van der Waals surface area contributed by atoms with Gasteiger partial charge in [0.15, 0.2) is 0 Å². The van der Waals surface area contributed by atoms with Crippen LogP contribution >= 0.6 is 11.3 Å². The van der Waals surface area contributed by atoms with Crippen LogP contribution in [0.2, 0.25) is 0 Å². The second kappa shape index (κ2) is 7.99. The van der Waals surface area contributed by atoms with E-state index in [4.69, 9.17) is 0 Å². The summed E-state index contributed by atoms with van der Waals surface area (Å²) < 4.78 is 39.0. The third-order valence-electron chi connectivity index (χ3n) is 4.74. The Morgan fingerprint density at radius 1 is 1.10 bits per heavy atom. The van der Waals surface area contributed by atoms with E-state index >= 15 is 0 Å². The minimum Gasteiger partial charge on any atom is -0.273 e. The van der Waals surface area contributed by atoms with E-state index in [9.17, 15) is 22.8 Å². The SMILES string of the molecule is Cc1sc2ncn(NC(=O)Cc3ccc(C(F)(F)F)cc3)c(=O)c2c1-c1ccccc1. The predicted molar refractivity (Wildman–Crippen MR) is 114 cm³/mol. The first-order valence-electron chi connectivity index (χ1n) is 9.26. The average Bonchev–Trinajstić information content (AvgIpc) is 3.07. The van der Waals surface area contributed by atoms with Crippen molar-refractivity contribution in [3.63, 3.8) is 0 Å². The summed E-state index contributed by atoms with van der Waals surface area (Å²) in [6, 6.07) is 13.7. The molecule has 0 bridgehead atoms. The fourth-order valence-electron chi connectivity index (χ4n) is 3.31. The molecule has 4 rings (SSSR count). The van der Waals surface area contributed by atoms with Gasteiger partial charge in [-0.25, -0.2) is 9.66 Å². The van der Waals surface area contributed by atoms with Crippen molar-refractivity contribution in [1.29, 1.82) is 0 Å². The number of aryl methyl sites for hydroxylation is 1. The van der Waals surface area contributed by atoms with Gasteiger partial charge in [0.25, 0.3) is 5.56 Å². The molecule has 1 amide bonds. The van der Waals surface area contributed by atoms with Crippen LogP contribution in [-0.2, 0) is 17.4 Å². The Balaban J connectivity index is 1.61. The molecule has 0 aliphatic rings. The number of rotatable bonds is 4. The minimum absolute atomic E-state index is 0.184. The maximum atomic E-state index is 13.1. The minimum atomic E-state index is -4.44. The molecule has 2 aromatic heterocycles. The van der Waals surface area contributed by atoms with Crippen LogP contribution in [0.3, 0.4) is 0 Å². The fraction of sp³-hybridized carbons (Fsp3) is 0.136. The van der Waals surface area contributed by atoms with Crippen LogP contribution in [0.15, 0.2) is 65.7 Å². The molecule has 0 unspecified atom stereocenters. The van der Waals surface area contributed by atoms with Crippen LogP contribution in [0.4, 0.5) is 13.2 Å². The third-order valence-corrected chi connectivity index (χ3v) is 5.76.